The van der Waals surface area contributed by atoms with Gasteiger partial charge in [-0.3, -0.25) is 14.9 Å². The lowest BCUT2D eigenvalue weighted by Gasteiger charge is -2.20. The van der Waals surface area contributed by atoms with Crippen molar-refractivity contribution in [1.29, 1.82) is 0 Å². The standard InChI is InChI=1S/C17H17NO4/c19-16(20)14(11-12-7-3-1-4-8-12)18-15(17(21)22)13-9-5-2-6-10-13/h1-10,14-15,18H,11H2,(H,19,20)(H,21,22)/t14-,15?/m0/s1. The average Bonchev–Trinajstić information content (AvgIpc) is 2.52. The van der Waals surface area contributed by atoms with E-state index in [0.29, 0.717) is 5.56 Å². The van der Waals surface area contributed by atoms with Gasteiger partial charge in [0, 0.05) is 0 Å². The van der Waals surface area contributed by atoms with Gasteiger partial charge in [0.05, 0.1) is 0 Å². The molecule has 0 aromatic heterocycles. The van der Waals surface area contributed by atoms with Crippen molar-refractivity contribution < 1.29 is 19.8 Å². The van der Waals surface area contributed by atoms with Crippen molar-refractivity contribution in [3.8, 4) is 0 Å². The maximum Gasteiger partial charge on any atom is 0.325 e. The van der Waals surface area contributed by atoms with E-state index in [2.05, 4.69) is 5.32 Å². The largest absolute Gasteiger partial charge is 0.480 e. The Balaban J connectivity index is 2.18. The minimum Gasteiger partial charge on any atom is -0.480 e. The highest BCUT2D eigenvalue weighted by molar-refractivity contribution is 5.78. The third-order valence-electron chi connectivity index (χ3n) is 3.33. The SMILES string of the molecule is O=C(O)C(N[C@@H](Cc1ccccc1)C(=O)O)c1ccccc1. The van der Waals surface area contributed by atoms with Gasteiger partial charge in [0.1, 0.15) is 12.1 Å². The Morgan fingerprint density at radius 1 is 0.864 bits per heavy atom. The summed E-state index contributed by atoms with van der Waals surface area (Å²) < 4.78 is 0. The molecule has 5 heteroatoms. The van der Waals surface area contributed by atoms with E-state index in [1.54, 1.807) is 30.3 Å². The number of rotatable bonds is 7. The Kier molecular flexibility index (Phi) is 5.27. The number of carbonyl (C=O) groups is 2. The summed E-state index contributed by atoms with van der Waals surface area (Å²) in [6.07, 6.45) is 0.215. The minimum absolute atomic E-state index is 0.215. The van der Waals surface area contributed by atoms with E-state index < -0.39 is 24.0 Å². The van der Waals surface area contributed by atoms with Gasteiger partial charge in [-0.25, -0.2) is 0 Å². The topological polar surface area (TPSA) is 86.6 Å². The van der Waals surface area contributed by atoms with Crippen molar-refractivity contribution in [1.82, 2.24) is 5.32 Å². The highest BCUT2D eigenvalue weighted by Crippen LogP contribution is 2.15. The molecule has 0 amide bonds. The smallest absolute Gasteiger partial charge is 0.325 e. The Morgan fingerprint density at radius 2 is 1.41 bits per heavy atom. The van der Waals surface area contributed by atoms with Gasteiger partial charge in [0.2, 0.25) is 0 Å². The molecule has 0 radical (unpaired) electrons. The predicted octanol–water partition coefficient (Wildman–Crippen LogP) is 2.10. The van der Waals surface area contributed by atoms with Gasteiger partial charge in [-0.1, -0.05) is 60.7 Å². The first-order chi connectivity index (χ1) is 10.6. The van der Waals surface area contributed by atoms with Crippen molar-refractivity contribution in [2.75, 3.05) is 0 Å². The van der Waals surface area contributed by atoms with Crippen LogP contribution in [0.3, 0.4) is 0 Å². The molecule has 2 aromatic carbocycles. The third-order valence-corrected chi connectivity index (χ3v) is 3.33. The first-order valence-electron chi connectivity index (χ1n) is 6.88. The molecule has 0 aliphatic carbocycles. The lowest BCUT2D eigenvalue weighted by molar-refractivity contribution is -0.142. The number of aliphatic carboxylic acids is 2. The monoisotopic (exact) mass is 299 g/mol. The van der Waals surface area contributed by atoms with Crippen LogP contribution in [0.4, 0.5) is 0 Å². The zero-order chi connectivity index (χ0) is 15.9. The molecule has 0 bridgehead atoms. The fraction of sp³-hybridized carbons (Fsp3) is 0.176. The molecule has 0 saturated heterocycles. The maximum absolute atomic E-state index is 11.5. The van der Waals surface area contributed by atoms with E-state index in [1.807, 2.05) is 30.3 Å². The molecule has 0 saturated carbocycles. The van der Waals surface area contributed by atoms with Crippen LogP contribution in [0.15, 0.2) is 60.7 Å². The molecule has 0 heterocycles. The molecule has 0 fully saturated rings. The van der Waals surface area contributed by atoms with Crippen LogP contribution in [-0.2, 0) is 16.0 Å². The highest BCUT2D eigenvalue weighted by atomic mass is 16.4. The van der Waals surface area contributed by atoms with Crippen LogP contribution >= 0.6 is 0 Å². The van der Waals surface area contributed by atoms with Crippen LogP contribution in [0.25, 0.3) is 0 Å². The minimum atomic E-state index is -1.11. The number of carboxylic acid groups (broad SMARTS) is 2. The fourth-order valence-corrected chi connectivity index (χ4v) is 2.22. The number of carboxylic acids is 2. The number of hydrogen-bond acceptors (Lipinski definition) is 3. The first kappa shape index (κ1) is 15.7. The van der Waals surface area contributed by atoms with E-state index in [9.17, 15) is 19.8 Å². The summed E-state index contributed by atoms with van der Waals surface area (Å²) in [7, 11) is 0. The van der Waals surface area contributed by atoms with E-state index in [-0.39, 0.29) is 6.42 Å². The molecule has 1 unspecified atom stereocenters. The molecule has 0 spiro atoms. The predicted molar refractivity (Wildman–Crippen MR) is 81.5 cm³/mol. The van der Waals surface area contributed by atoms with Gasteiger partial charge >= 0.3 is 11.9 Å². The lowest BCUT2D eigenvalue weighted by Crippen LogP contribution is -2.43. The zero-order valence-electron chi connectivity index (χ0n) is 11.8. The second-order valence-electron chi connectivity index (χ2n) is 4.93. The van der Waals surface area contributed by atoms with Gasteiger partial charge in [0.15, 0.2) is 0 Å². The van der Waals surface area contributed by atoms with Crippen LogP contribution in [0.1, 0.15) is 17.2 Å². The Labute approximate surface area is 128 Å². The first-order valence-corrected chi connectivity index (χ1v) is 6.88. The van der Waals surface area contributed by atoms with Crippen LogP contribution in [0, 0.1) is 0 Å². The fourth-order valence-electron chi connectivity index (χ4n) is 2.22. The summed E-state index contributed by atoms with van der Waals surface area (Å²) in [6.45, 7) is 0. The van der Waals surface area contributed by atoms with E-state index in [4.69, 9.17) is 0 Å². The van der Waals surface area contributed by atoms with Gasteiger partial charge < -0.3 is 10.2 Å². The molecule has 0 aliphatic heterocycles. The molecule has 2 atom stereocenters. The summed E-state index contributed by atoms with van der Waals surface area (Å²) >= 11 is 0. The van der Waals surface area contributed by atoms with Crippen molar-refractivity contribution in [2.24, 2.45) is 0 Å². The van der Waals surface area contributed by atoms with E-state index in [0.717, 1.165) is 5.56 Å². The second kappa shape index (κ2) is 7.38. The molecule has 2 rings (SSSR count). The quantitative estimate of drug-likeness (QED) is 0.729. The van der Waals surface area contributed by atoms with Crippen molar-refractivity contribution in [2.45, 2.75) is 18.5 Å². The van der Waals surface area contributed by atoms with E-state index in [1.165, 1.54) is 0 Å². The molecule has 2 aromatic rings. The lowest BCUT2D eigenvalue weighted by atomic mass is 10.0. The molecule has 22 heavy (non-hydrogen) atoms. The summed E-state index contributed by atoms with van der Waals surface area (Å²) in [5, 5.41) is 21.4. The summed E-state index contributed by atoms with van der Waals surface area (Å²) in [6, 6.07) is 15.6. The van der Waals surface area contributed by atoms with Crippen LogP contribution in [-0.4, -0.2) is 28.2 Å². The molecular formula is C17H17NO4. The van der Waals surface area contributed by atoms with Crippen LogP contribution < -0.4 is 5.32 Å². The van der Waals surface area contributed by atoms with Crippen molar-refractivity contribution in [3.05, 3.63) is 71.8 Å². The average molecular weight is 299 g/mol. The molecule has 3 N–H and O–H groups in total. The van der Waals surface area contributed by atoms with Gasteiger partial charge in [-0.05, 0) is 17.5 Å². The normalized spacial score (nSPS) is 13.3. The Hall–Kier alpha value is -2.66. The summed E-state index contributed by atoms with van der Waals surface area (Å²) in [4.78, 5) is 22.9. The van der Waals surface area contributed by atoms with Crippen LogP contribution in [0.2, 0.25) is 0 Å². The molecule has 5 nitrogen and oxygen atoms in total. The highest BCUT2D eigenvalue weighted by Gasteiger charge is 2.27. The van der Waals surface area contributed by atoms with Gasteiger partial charge in [-0.2, -0.15) is 0 Å². The number of nitrogens with one attached hydrogen (secondary N) is 1. The molecular weight excluding hydrogens is 282 g/mol. The Bertz CT molecular complexity index is 628. The van der Waals surface area contributed by atoms with Crippen LogP contribution in [0.5, 0.6) is 0 Å². The summed E-state index contributed by atoms with van der Waals surface area (Å²) in [5.41, 5.74) is 1.36. The van der Waals surface area contributed by atoms with E-state index >= 15 is 0 Å². The number of hydrogen-bond donors (Lipinski definition) is 3. The molecule has 114 valence electrons. The van der Waals surface area contributed by atoms with Gasteiger partial charge in [0.25, 0.3) is 0 Å². The second-order valence-corrected chi connectivity index (χ2v) is 4.93. The summed E-state index contributed by atoms with van der Waals surface area (Å²) in [5.74, 6) is -2.18. The number of benzene rings is 2. The maximum atomic E-state index is 11.5. The zero-order valence-corrected chi connectivity index (χ0v) is 11.8. The third kappa shape index (κ3) is 4.17. The van der Waals surface area contributed by atoms with Gasteiger partial charge in [-0.15, -0.1) is 0 Å². The van der Waals surface area contributed by atoms with Crippen molar-refractivity contribution >= 4 is 11.9 Å². The van der Waals surface area contributed by atoms with Crippen molar-refractivity contribution in [3.63, 3.8) is 0 Å². The molecule has 0 aliphatic rings. The Morgan fingerprint density at radius 3 is 1.91 bits per heavy atom.